The Labute approximate surface area is 229 Å². The molecule has 1 aliphatic heterocycles. The summed E-state index contributed by atoms with van der Waals surface area (Å²) in [6, 6.07) is 9.40. The van der Waals surface area contributed by atoms with Crippen molar-refractivity contribution in [2.24, 2.45) is 5.92 Å². The molecule has 1 saturated heterocycles. The second-order valence-electron chi connectivity index (χ2n) is 10.0. The number of nitrogen functional groups attached to an aromatic ring is 1. The van der Waals surface area contributed by atoms with E-state index in [2.05, 4.69) is 39.1 Å². The zero-order valence-corrected chi connectivity index (χ0v) is 22.1. The van der Waals surface area contributed by atoms with Crippen LogP contribution in [0.3, 0.4) is 0 Å². The lowest BCUT2D eigenvalue weighted by Crippen LogP contribution is -2.32. The normalized spacial score (nSPS) is 14.6. The molecule has 5 rings (SSSR count). The first-order valence-corrected chi connectivity index (χ1v) is 12.9. The molecule has 2 aromatic heterocycles. The van der Waals surface area contributed by atoms with Gasteiger partial charge in [0.25, 0.3) is 5.91 Å². The Balaban J connectivity index is 1.41. The van der Waals surface area contributed by atoms with Crippen molar-refractivity contribution < 1.29 is 18.0 Å². The lowest BCUT2D eigenvalue weighted by Gasteiger charge is -2.28. The molecule has 1 fully saturated rings. The van der Waals surface area contributed by atoms with Crippen molar-refractivity contribution >= 4 is 28.4 Å². The summed E-state index contributed by atoms with van der Waals surface area (Å²) in [5.41, 5.74) is 8.17. The molecule has 0 unspecified atom stereocenters. The predicted molar refractivity (Wildman–Crippen MR) is 147 cm³/mol. The van der Waals surface area contributed by atoms with Crippen molar-refractivity contribution in [3.05, 3.63) is 76.7 Å². The van der Waals surface area contributed by atoms with Crippen LogP contribution in [0.15, 0.2) is 48.8 Å². The number of alkyl halides is 3. The van der Waals surface area contributed by atoms with Gasteiger partial charge in [-0.15, -0.1) is 0 Å². The Kier molecular flexibility index (Phi) is 7.45. The number of carbonyl (C=O) groups excluding carboxylic acids is 1. The Bertz CT molecular complexity index is 1630. The number of aryl methyl sites for hydroxylation is 1. The SMILES string of the molecule is Cc1ccc(NC(=O)c2cccc(C(F)(F)F)c2)cc1C#Cc1nn(CC2CCN(C)CC2)c2ncnc(N)c12. The number of nitrogens with two attached hydrogens (primary N) is 1. The highest BCUT2D eigenvalue weighted by atomic mass is 19.4. The van der Waals surface area contributed by atoms with Gasteiger partial charge in [-0.05, 0) is 87.6 Å². The summed E-state index contributed by atoms with van der Waals surface area (Å²) in [4.78, 5) is 23.5. The van der Waals surface area contributed by atoms with Gasteiger partial charge >= 0.3 is 6.18 Å². The van der Waals surface area contributed by atoms with E-state index in [-0.39, 0.29) is 5.56 Å². The van der Waals surface area contributed by atoms with Crippen molar-refractivity contribution in [1.82, 2.24) is 24.6 Å². The molecule has 0 aliphatic carbocycles. The molecule has 3 N–H and O–H groups in total. The molecule has 0 radical (unpaired) electrons. The van der Waals surface area contributed by atoms with Crippen molar-refractivity contribution in [1.29, 1.82) is 0 Å². The molecule has 4 aromatic rings. The maximum absolute atomic E-state index is 13.1. The number of hydrogen-bond donors (Lipinski definition) is 2. The van der Waals surface area contributed by atoms with Crippen LogP contribution in [0.2, 0.25) is 0 Å². The molecule has 3 heterocycles. The molecular weight excluding hydrogens is 519 g/mol. The van der Waals surface area contributed by atoms with Gasteiger partial charge in [-0.25, -0.2) is 14.6 Å². The molecule has 206 valence electrons. The summed E-state index contributed by atoms with van der Waals surface area (Å²) in [7, 11) is 2.12. The largest absolute Gasteiger partial charge is 0.416 e. The summed E-state index contributed by atoms with van der Waals surface area (Å²) in [6.07, 6.45) is -0.987. The fraction of sp³-hybridized carbons (Fsp3) is 0.310. The maximum Gasteiger partial charge on any atom is 0.416 e. The molecule has 0 atom stereocenters. The van der Waals surface area contributed by atoms with Crippen LogP contribution in [-0.4, -0.2) is 50.7 Å². The van der Waals surface area contributed by atoms with Crippen LogP contribution in [0, 0.1) is 24.7 Å². The van der Waals surface area contributed by atoms with Gasteiger partial charge in [-0.3, -0.25) is 4.79 Å². The molecular formula is C29H28F3N7O. The highest BCUT2D eigenvalue weighted by Crippen LogP contribution is 2.30. The lowest BCUT2D eigenvalue weighted by atomic mass is 9.97. The number of fused-ring (bicyclic) bond motifs is 1. The zero-order chi connectivity index (χ0) is 28.4. The fourth-order valence-corrected chi connectivity index (χ4v) is 4.74. The number of nitrogens with zero attached hydrogens (tertiary/aromatic N) is 5. The number of halogens is 3. The van der Waals surface area contributed by atoms with E-state index in [0.717, 1.165) is 43.6 Å². The van der Waals surface area contributed by atoms with E-state index in [1.165, 1.54) is 18.5 Å². The van der Waals surface area contributed by atoms with E-state index in [4.69, 9.17) is 10.8 Å². The molecule has 1 aliphatic rings. The number of nitrogens with one attached hydrogen (secondary N) is 1. The average molecular weight is 548 g/mol. The van der Waals surface area contributed by atoms with Crippen molar-refractivity contribution in [3.8, 4) is 11.8 Å². The van der Waals surface area contributed by atoms with E-state index in [0.29, 0.717) is 46.3 Å². The minimum atomic E-state index is -4.54. The number of anilines is 2. The Morgan fingerprint density at radius 3 is 2.65 bits per heavy atom. The van der Waals surface area contributed by atoms with E-state index >= 15 is 0 Å². The molecule has 2 aromatic carbocycles. The number of amides is 1. The van der Waals surface area contributed by atoms with Crippen LogP contribution in [-0.2, 0) is 12.7 Å². The standard InChI is InChI=1S/C29H28F3N7O/c1-18-6-8-23(36-28(40)21-4-3-5-22(14-21)29(30,31)32)15-20(18)7-9-24-25-26(33)34-17-35-27(25)39(37-24)16-19-10-12-38(2)13-11-19/h3-6,8,14-15,17,19H,10-13,16H2,1-2H3,(H,36,40)(H2,33,34,35). The average Bonchev–Trinajstić information content (AvgIpc) is 3.28. The zero-order valence-electron chi connectivity index (χ0n) is 22.1. The highest BCUT2D eigenvalue weighted by Gasteiger charge is 2.31. The van der Waals surface area contributed by atoms with Crippen molar-refractivity contribution in [3.63, 3.8) is 0 Å². The third-order valence-corrected chi connectivity index (χ3v) is 7.09. The summed E-state index contributed by atoms with van der Waals surface area (Å²) < 4.78 is 41.0. The molecule has 0 bridgehead atoms. The van der Waals surface area contributed by atoms with Gasteiger partial charge in [0.15, 0.2) is 5.65 Å². The summed E-state index contributed by atoms with van der Waals surface area (Å²) in [5.74, 6) is 6.32. The molecule has 11 heteroatoms. The number of likely N-dealkylation sites (tertiary alicyclic amines) is 1. The Morgan fingerprint density at radius 2 is 1.90 bits per heavy atom. The number of benzene rings is 2. The molecule has 8 nitrogen and oxygen atoms in total. The monoisotopic (exact) mass is 547 g/mol. The summed E-state index contributed by atoms with van der Waals surface area (Å²) >= 11 is 0. The molecule has 1 amide bonds. The van der Waals surface area contributed by atoms with Crippen LogP contribution < -0.4 is 11.1 Å². The van der Waals surface area contributed by atoms with Crippen molar-refractivity contribution in [2.45, 2.75) is 32.5 Å². The Hall–Kier alpha value is -4.43. The second-order valence-corrected chi connectivity index (χ2v) is 10.0. The smallest absolute Gasteiger partial charge is 0.383 e. The second kappa shape index (κ2) is 11.0. The van der Waals surface area contributed by atoms with Crippen LogP contribution in [0.25, 0.3) is 11.0 Å². The number of rotatable bonds is 4. The lowest BCUT2D eigenvalue weighted by molar-refractivity contribution is -0.137. The predicted octanol–water partition coefficient (Wildman–Crippen LogP) is 4.73. The van der Waals surface area contributed by atoms with Gasteiger partial charge in [-0.1, -0.05) is 18.1 Å². The molecule has 40 heavy (non-hydrogen) atoms. The van der Waals surface area contributed by atoms with Gasteiger partial charge in [0.05, 0.1) is 10.9 Å². The van der Waals surface area contributed by atoms with E-state index in [1.807, 2.05) is 11.6 Å². The number of piperidine rings is 1. The van der Waals surface area contributed by atoms with Gasteiger partial charge in [0, 0.05) is 23.4 Å². The minimum absolute atomic E-state index is 0.0971. The van der Waals surface area contributed by atoms with Gasteiger partial charge < -0.3 is 16.0 Å². The van der Waals surface area contributed by atoms with Crippen LogP contribution in [0.5, 0.6) is 0 Å². The van der Waals surface area contributed by atoms with Crippen LogP contribution in [0.1, 0.15) is 45.6 Å². The number of carbonyl (C=O) groups is 1. The molecule has 0 saturated carbocycles. The first-order chi connectivity index (χ1) is 19.1. The van der Waals surface area contributed by atoms with E-state index in [1.54, 1.807) is 18.2 Å². The Morgan fingerprint density at radius 1 is 1.12 bits per heavy atom. The first-order valence-electron chi connectivity index (χ1n) is 12.9. The van der Waals surface area contributed by atoms with E-state index in [9.17, 15) is 18.0 Å². The minimum Gasteiger partial charge on any atom is -0.383 e. The molecule has 0 spiro atoms. The topological polar surface area (TPSA) is 102 Å². The summed E-state index contributed by atoms with van der Waals surface area (Å²) in [6.45, 7) is 4.65. The van der Waals surface area contributed by atoms with E-state index < -0.39 is 17.6 Å². The highest BCUT2D eigenvalue weighted by molar-refractivity contribution is 6.04. The first kappa shape index (κ1) is 27.1. The maximum atomic E-state index is 13.1. The van der Waals surface area contributed by atoms with Crippen LogP contribution in [0.4, 0.5) is 24.7 Å². The fourth-order valence-electron chi connectivity index (χ4n) is 4.74. The van der Waals surface area contributed by atoms with Crippen molar-refractivity contribution in [2.75, 3.05) is 31.2 Å². The number of aromatic nitrogens is 4. The van der Waals surface area contributed by atoms with Crippen LogP contribution >= 0.6 is 0 Å². The third kappa shape index (κ3) is 5.92. The third-order valence-electron chi connectivity index (χ3n) is 7.09. The van der Waals surface area contributed by atoms with Gasteiger partial charge in [-0.2, -0.15) is 18.3 Å². The summed E-state index contributed by atoms with van der Waals surface area (Å²) in [5, 5.41) is 7.98. The quantitative estimate of drug-likeness (QED) is 0.358. The van der Waals surface area contributed by atoms with Gasteiger partial charge in [0.2, 0.25) is 0 Å². The van der Waals surface area contributed by atoms with Gasteiger partial charge in [0.1, 0.15) is 17.8 Å². The number of hydrogen-bond acceptors (Lipinski definition) is 6.